The van der Waals surface area contributed by atoms with Gasteiger partial charge in [-0.25, -0.2) is 0 Å². The topological polar surface area (TPSA) is 36.0 Å². The van der Waals surface area contributed by atoms with Crippen molar-refractivity contribution >= 4 is 10.9 Å². The van der Waals surface area contributed by atoms with Crippen LogP contribution in [0, 0.1) is 0 Å². The smallest absolute Gasteiger partial charge is 0.0682 e. The van der Waals surface area contributed by atoms with Gasteiger partial charge in [0.15, 0.2) is 0 Å². The predicted octanol–water partition coefficient (Wildman–Crippen LogP) is 3.49. The predicted molar refractivity (Wildman–Crippen MR) is 70.2 cm³/mol. The normalized spacial score (nSPS) is 19.5. The SMILES string of the molecule is CCC1CCCc2[nH]c3ccc(CO)cc3c21. The Balaban J connectivity index is 2.23. The lowest BCUT2D eigenvalue weighted by atomic mass is 9.83. The molecule has 0 radical (unpaired) electrons. The number of aliphatic hydroxyl groups excluding tert-OH is 1. The molecule has 1 aromatic carbocycles. The Morgan fingerprint density at radius 3 is 3.06 bits per heavy atom. The summed E-state index contributed by atoms with van der Waals surface area (Å²) in [7, 11) is 0. The minimum Gasteiger partial charge on any atom is -0.392 e. The number of nitrogens with one attached hydrogen (secondary N) is 1. The summed E-state index contributed by atoms with van der Waals surface area (Å²) in [6, 6.07) is 6.26. The molecule has 2 N–H and O–H groups in total. The zero-order valence-corrected chi connectivity index (χ0v) is 10.3. The summed E-state index contributed by atoms with van der Waals surface area (Å²) >= 11 is 0. The maximum absolute atomic E-state index is 9.25. The van der Waals surface area contributed by atoms with Crippen molar-refractivity contribution in [2.24, 2.45) is 0 Å². The number of benzene rings is 1. The lowest BCUT2D eigenvalue weighted by Gasteiger charge is -2.21. The van der Waals surface area contributed by atoms with Gasteiger partial charge in [-0.05, 0) is 54.9 Å². The van der Waals surface area contributed by atoms with E-state index < -0.39 is 0 Å². The molecule has 0 amide bonds. The van der Waals surface area contributed by atoms with Gasteiger partial charge in [0.2, 0.25) is 0 Å². The van der Waals surface area contributed by atoms with Gasteiger partial charge in [0, 0.05) is 16.6 Å². The monoisotopic (exact) mass is 229 g/mol. The van der Waals surface area contributed by atoms with Gasteiger partial charge in [-0.15, -0.1) is 0 Å². The molecule has 0 bridgehead atoms. The molecule has 1 aliphatic rings. The fourth-order valence-corrected chi connectivity index (χ4v) is 3.16. The van der Waals surface area contributed by atoms with E-state index in [0.29, 0.717) is 5.92 Å². The van der Waals surface area contributed by atoms with Crippen LogP contribution < -0.4 is 0 Å². The third-order valence-corrected chi connectivity index (χ3v) is 4.05. The van der Waals surface area contributed by atoms with Crippen molar-refractivity contribution in [3.8, 4) is 0 Å². The summed E-state index contributed by atoms with van der Waals surface area (Å²) in [4.78, 5) is 3.55. The number of H-pyrrole nitrogens is 1. The summed E-state index contributed by atoms with van der Waals surface area (Å²) in [5, 5.41) is 10.6. The summed E-state index contributed by atoms with van der Waals surface area (Å²) < 4.78 is 0. The molecule has 0 aliphatic heterocycles. The van der Waals surface area contributed by atoms with Crippen LogP contribution >= 0.6 is 0 Å². The average Bonchev–Trinajstić information content (AvgIpc) is 2.75. The molecule has 2 aromatic rings. The number of fused-ring (bicyclic) bond motifs is 3. The highest BCUT2D eigenvalue weighted by atomic mass is 16.3. The molecule has 1 unspecified atom stereocenters. The molecule has 1 aromatic heterocycles. The molecule has 2 nitrogen and oxygen atoms in total. The van der Waals surface area contributed by atoms with Crippen molar-refractivity contribution in [2.75, 3.05) is 0 Å². The molecule has 1 atom stereocenters. The Bertz CT molecular complexity index is 541. The van der Waals surface area contributed by atoms with E-state index in [9.17, 15) is 5.11 Å². The van der Waals surface area contributed by atoms with Crippen LogP contribution in [0.2, 0.25) is 0 Å². The first-order chi connectivity index (χ1) is 8.33. The van der Waals surface area contributed by atoms with Crippen LogP contribution in [0.15, 0.2) is 18.2 Å². The van der Waals surface area contributed by atoms with Crippen LogP contribution in [0.25, 0.3) is 10.9 Å². The largest absolute Gasteiger partial charge is 0.392 e. The molecule has 17 heavy (non-hydrogen) atoms. The van der Waals surface area contributed by atoms with E-state index in [0.717, 1.165) is 5.56 Å². The van der Waals surface area contributed by atoms with E-state index in [1.165, 1.54) is 47.8 Å². The van der Waals surface area contributed by atoms with Gasteiger partial charge >= 0.3 is 0 Å². The molecule has 90 valence electrons. The van der Waals surface area contributed by atoms with E-state index in [1.54, 1.807) is 0 Å². The van der Waals surface area contributed by atoms with Crippen LogP contribution in [-0.2, 0) is 13.0 Å². The number of hydrogen-bond donors (Lipinski definition) is 2. The van der Waals surface area contributed by atoms with Gasteiger partial charge < -0.3 is 10.1 Å². The molecule has 0 fully saturated rings. The third kappa shape index (κ3) is 1.67. The third-order valence-electron chi connectivity index (χ3n) is 4.05. The maximum atomic E-state index is 9.25. The standard InChI is InChI=1S/C15H19NO/c1-2-11-4-3-5-14-15(11)12-8-10(9-17)6-7-13(12)16-14/h6-8,11,16-17H,2-5,9H2,1H3. The Morgan fingerprint density at radius 1 is 1.41 bits per heavy atom. The number of rotatable bonds is 2. The molecule has 2 heteroatoms. The second-order valence-electron chi connectivity index (χ2n) is 5.05. The Hall–Kier alpha value is -1.28. The minimum absolute atomic E-state index is 0.132. The van der Waals surface area contributed by atoms with Gasteiger partial charge in [0.25, 0.3) is 0 Å². The molecule has 0 saturated carbocycles. The molecule has 0 spiro atoms. The maximum Gasteiger partial charge on any atom is 0.0682 e. The summed E-state index contributed by atoms with van der Waals surface area (Å²) in [6.45, 7) is 2.40. The second-order valence-corrected chi connectivity index (χ2v) is 5.05. The number of hydrogen-bond acceptors (Lipinski definition) is 1. The number of aryl methyl sites for hydroxylation is 1. The van der Waals surface area contributed by atoms with E-state index in [-0.39, 0.29) is 6.61 Å². The van der Waals surface area contributed by atoms with E-state index >= 15 is 0 Å². The molecule has 0 saturated heterocycles. The van der Waals surface area contributed by atoms with E-state index in [2.05, 4.69) is 24.0 Å². The molecular formula is C15H19NO. The minimum atomic E-state index is 0.132. The fourth-order valence-electron chi connectivity index (χ4n) is 3.16. The zero-order chi connectivity index (χ0) is 11.8. The molecule has 1 heterocycles. The van der Waals surface area contributed by atoms with Crippen LogP contribution in [-0.4, -0.2) is 10.1 Å². The second kappa shape index (κ2) is 4.19. The molecule has 1 aliphatic carbocycles. The van der Waals surface area contributed by atoms with Gasteiger partial charge in [-0.3, -0.25) is 0 Å². The number of aromatic amines is 1. The Kier molecular flexibility index (Phi) is 2.67. The van der Waals surface area contributed by atoms with Gasteiger partial charge in [0.1, 0.15) is 0 Å². The van der Waals surface area contributed by atoms with Crippen molar-refractivity contribution in [2.45, 2.75) is 45.1 Å². The highest BCUT2D eigenvalue weighted by Crippen LogP contribution is 2.38. The van der Waals surface area contributed by atoms with Crippen molar-refractivity contribution in [1.82, 2.24) is 4.98 Å². The highest BCUT2D eigenvalue weighted by Gasteiger charge is 2.23. The molecular weight excluding hydrogens is 210 g/mol. The quantitative estimate of drug-likeness (QED) is 0.812. The summed E-state index contributed by atoms with van der Waals surface area (Å²) in [5.74, 6) is 0.696. The van der Waals surface area contributed by atoms with Gasteiger partial charge in [-0.1, -0.05) is 13.0 Å². The fraction of sp³-hybridized carbons (Fsp3) is 0.467. The Morgan fingerprint density at radius 2 is 2.29 bits per heavy atom. The van der Waals surface area contributed by atoms with Crippen molar-refractivity contribution in [3.05, 3.63) is 35.0 Å². The lowest BCUT2D eigenvalue weighted by molar-refractivity contribution is 0.282. The van der Waals surface area contributed by atoms with E-state index in [4.69, 9.17) is 0 Å². The number of aliphatic hydroxyl groups is 1. The summed E-state index contributed by atoms with van der Waals surface area (Å²) in [5.41, 5.74) is 5.18. The zero-order valence-electron chi connectivity index (χ0n) is 10.3. The van der Waals surface area contributed by atoms with Crippen LogP contribution in [0.1, 0.15) is 48.9 Å². The van der Waals surface area contributed by atoms with Crippen molar-refractivity contribution in [3.63, 3.8) is 0 Å². The van der Waals surface area contributed by atoms with Gasteiger partial charge in [-0.2, -0.15) is 0 Å². The number of aromatic nitrogens is 1. The lowest BCUT2D eigenvalue weighted by Crippen LogP contribution is -2.07. The Labute approximate surface area is 102 Å². The van der Waals surface area contributed by atoms with E-state index in [1.807, 2.05) is 6.07 Å². The van der Waals surface area contributed by atoms with Crippen LogP contribution in [0.5, 0.6) is 0 Å². The first kappa shape index (κ1) is 10.8. The average molecular weight is 229 g/mol. The summed E-state index contributed by atoms with van der Waals surface area (Å²) in [6.07, 6.45) is 4.99. The van der Waals surface area contributed by atoms with Crippen molar-refractivity contribution < 1.29 is 5.11 Å². The van der Waals surface area contributed by atoms with Crippen LogP contribution in [0.3, 0.4) is 0 Å². The van der Waals surface area contributed by atoms with Crippen molar-refractivity contribution in [1.29, 1.82) is 0 Å². The van der Waals surface area contributed by atoms with Gasteiger partial charge in [0.05, 0.1) is 6.61 Å². The first-order valence-corrected chi connectivity index (χ1v) is 6.57. The molecule has 3 rings (SSSR count). The highest BCUT2D eigenvalue weighted by molar-refractivity contribution is 5.86. The van der Waals surface area contributed by atoms with Crippen LogP contribution in [0.4, 0.5) is 0 Å². The first-order valence-electron chi connectivity index (χ1n) is 6.57.